The molecule has 0 bridgehead atoms. The third kappa shape index (κ3) is 4.70. The Morgan fingerprint density at radius 2 is 2.21 bits per heavy atom. The van der Waals surface area contributed by atoms with E-state index in [1.54, 1.807) is 6.92 Å². The number of carboxylic acid groups (broad SMARTS) is 1. The van der Waals surface area contributed by atoms with Crippen molar-refractivity contribution in [2.75, 3.05) is 26.3 Å². The highest BCUT2D eigenvalue weighted by Gasteiger charge is 2.31. The molecule has 1 heterocycles. The van der Waals surface area contributed by atoms with Crippen LogP contribution in [0.3, 0.4) is 0 Å². The highest BCUT2D eigenvalue weighted by Crippen LogP contribution is 2.18. The maximum absolute atomic E-state index is 12.2. The molecular formula is C13H24N2O4. The molecule has 1 aliphatic heterocycles. The van der Waals surface area contributed by atoms with Gasteiger partial charge in [-0.15, -0.1) is 0 Å². The molecule has 0 aromatic rings. The first kappa shape index (κ1) is 15.8. The molecule has 0 saturated carbocycles. The maximum Gasteiger partial charge on any atom is 0.317 e. The Labute approximate surface area is 114 Å². The van der Waals surface area contributed by atoms with Crippen molar-refractivity contribution in [3.05, 3.63) is 0 Å². The summed E-state index contributed by atoms with van der Waals surface area (Å²) in [7, 11) is 0. The summed E-state index contributed by atoms with van der Waals surface area (Å²) >= 11 is 0. The van der Waals surface area contributed by atoms with Crippen molar-refractivity contribution in [2.45, 2.75) is 39.2 Å². The molecule has 0 aliphatic carbocycles. The van der Waals surface area contributed by atoms with Gasteiger partial charge in [0.05, 0.1) is 18.1 Å². The summed E-state index contributed by atoms with van der Waals surface area (Å²) < 4.78 is 5.39. The van der Waals surface area contributed by atoms with Crippen LogP contribution in [0.4, 0.5) is 4.79 Å². The summed E-state index contributed by atoms with van der Waals surface area (Å²) in [5.74, 6) is -1.46. The van der Waals surface area contributed by atoms with Crippen LogP contribution in [-0.4, -0.2) is 53.8 Å². The van der Waals surface area contributed by atoms with Gasteiger partial charge in [0, 0.05) is 19.7 Å². The summed E-state index contributed by atoms with van der Waals surface area (Å²) in [6, 6.07) is -0.219. The summed E-state index contributed by atoms with van der Waals surface area (Å²) in [4.78, 5) is 24.5. The van der Waals surface area contributed by atoms with Crippen molar-refractivity contribution >= 4 is 12.0 Å². The second kappa shape index (κ2) is 6.75. The van der Waals surface area contributed by atoms with Gasteiger partial charge in [-0.3, -0.25) is 4.79 Å². The van der Waals surface area contributed by atoms with Crippen LogP contribution in [0.25, 0.3) is 0 Å². The molecule has 1 saturated heterocycles. The Morgan fingerprint density at radius 3 is 2.68 bits per heavy atom. The van der Waals surface area contributed by atoms with E-state index in [9.17, 15) is 9.59 Å². The van der Waals surface area contributed by atoms with Gasteiger partial charge in [-0.25, -0.2) is 4.79 Å². The van der Waals surface area contributed by atoms with E-state index in [0.29, 0.717) is 13.2 Å². The van der Waals surface area contributed by atoms with E-state index in [1.165, 1.54) is 4.90 Å². The summed E-state index contributed by atoms with van der Waals surface area (Å²) in [6.07, 6.45) is 1.80. The van der Waals surface area contributed by atoms with Crippen LogP contribution in [0.1, 0.15) is 33.6 Å². The second-order valence-corrected chi connectivity index (χ2v) is 5.42. The molecule has 6 nitrogen and oxygen atoms in total. The van der Waals surface area contributed by atoms with Crippen LogP contribution < -0.4 is 5.32 Å². The van der Waals surface area contributed by atoms with E-state index in [4.69, 9.17) is 9.84 Å². The normalized spacial score (nSPS) is 24.6. The maximum atomic E-state index is 12.2. The molecule has 0 spiro atoms. The number of amides is 2. The van der Waals surface area contributed by atoms with E-state index in [1.807, 2.05) is 13.8 Å². The smallest absolute Gasteiger partial charge is 0.317 e. The average molecular weight is 272 g/mol. The van der Waals surface area contributed by atoms with Crippen LogP contribution in [0.15, 0.2) is 0 Å². The van der Waals surface area contributed by atoms with E-state index >= 15 is 0 Å². The first-order valence-corrected chi connectivity index (χ1v) is 6.75. The molecule has 0 aromatic carbocycles. The van der Waals surface area contributed by atoms with Crippen LogP contribution in [0, 0.1) is 5.92 Å². The number of carbonyl (C=O) groups is 2. The standard InChI is InChI=1S/C13H24N2O4/c1-4-15(8-10(2)11(16)17)12(18)14-13(3)6-5-7-19-9-13/h10H,4-9H2,1-3H3,(H,14,18)(H,16,17). The minimum atomic E-state index is -0.890. The number of carbonyl (C=O) groups excluding carboxylic acids is 1. The summed E-state index contributed by atoms with van der Waals surface area (Å²) in [5, 5.41) is 11.9. The summed E-state index contributed by atoms with van der Waals surface area (Å²) in [5.41, 5.74) is -0.352. The Bertz CT molecular complexity index is 327. The predicted octanol–water partition coefficient (Wildman–Crippen LogP) is 1.31. The molecule has 0 radical (unpaired) electrons. The minimum Gasteiger partial charge on any atom is -0.481 e. The first-order valence-electron chi connectivity index (χ1n) is 6.75. The third-order valence-corrected chi connectivity index (χ3v) is 3.43. The zero-order valence-corrected chi connectivity index (χ0v) is 11.9. The Balaban J connectivity index is 2.55. The summed E-state index contributed by atoms with van der Waals surface area (Å²) in [6.45, 7) is 7.34. The van der Waals surface area contributed by atoms with Crippen molar-refractivity contribution in [3.8, 4) is 0 Å². The average Bonchev–Trinajstić information content (AvgIpc) is 2.35. The molecule has 0 aromatic heterocycles. The fraction of sp³-hybridized carbons (Fsp3) is 0.846. The van der Waals surface area contributed by atoms with Crippen LogP contribution in [0.2, 0.25) is 0 Å². The van der Waals surface area contributed by atoms with Gasteiger partial charge < -0.3 is 20.1 Å². The fourth-order valence-corrected chi connectivity index (χ4v) is 2.13. The van der Waals surface area contributed by atoms with Gasteiger partial charge in [0.15, 0.2) is 0 Å². The van der Waals surface area contributed by atoms with Crippen LogP contribution >= 0.6 is 0 Å². The van der Waals surface area contributed by atoms with E-state index in [0.717, 1.165) is 19.4 Å². The Morgan fingerprint density at radius 1 is 1.53 bits per heavy atom. The lowest BCUT2D eigenvalue weighted by atomic mass is 9.95. The van der Waals surface area contributed by atoms with Crippen LogP contribution in [0.5, 0.6) is 0 Å². The zero-order valence-electron chi connectivity index (χ0n) is 11.9. The predicted molar refractivity (Wildman–Crippen MR) is 71.0 cm³/mol. The highest BCUT2D eigenvalue weighted by molar-refractivity contribution is 5.76. The SMILES string of the molecule is CCN(CC(C)C(=O)O)C(=O)NC1(C)CCCOC1. The first-order chi connectivity index (χ1) is 8.88. The van der Waals surface area contributed by atoms with Gasteiger partial charge >= 0.3 is 12.0 Å². The number of nitrogens with one attached hydrogen (secondary N) is 1. The molecular weight excluding hydrogens is 248 g/mol. The van der Waals surface area contributed by atoms with E-state index in [-0.39, 0.29) is 18.1 Å². The molecule has 2 atom stereocenters. The van der Waals surface area contributed by atoms with Gasteiger partial charge in [-0.05, 0) is 26.7 Å². The lowest BCUT2D eigenvalue weighted by molar-refractivity contribution is -0.141. The van der Waals surface area contributed by atoms with Crippen molar-refractivity contribution in [3.63, 3.8) is 0 Å². The number of aliphatic carboxylic acids is 1. The number of nitrogens with zero attached hydrogens (tertiary/aromatic N) is 1. The van der Waals surface area contributed by atoms with Gasteiger partial charge in [0.1, 0.15) is 0 Å². The molecule has 110 valence electrons. The van der Waals surface area contributed by atoms with Gasteiger partial charge in [0.25, 0.3) is 0 Å². The number of carboxylic acids is 1. The number of rotatable bonds is 5. The molecule has 1 fully saturated rings. The molecule has 19 heavy (non-hydrogen) atoms. The topological polar surface area (TPSA) is 78.9 Å². The fourth-order valence-electron chi connectivity index (χ4n) is 2.13. The van der Waals surface area contributed by atoms with E-state index in [2.05, 4.69) is 5.32 Å². The van der Waals surface area contributed by atoms with Crippen molar-refractivity contribution < 1.29 is 19.4 Å². The molecule has 1 aliphatic rings. The monoisotopic (exact) mass is 272 g/mol. The molecule has 2 N–H and O–H groups in total. The van der Waals surface area contributed by atoms with Gasteiger partial charge in [0.2, 0.25) is 0 Å². The lowest BCUT2D eigenvalue weighted by Crippen LogP contribution is -2.56. The third-order valence-electron chi connectivity index (χ3n) is 3.43. The number of urea groups is 1. The van der Waals surface area contributed by atoms with Gasteiger partial charge in [-0.1, -0.05) is 6.92 Å². The minimum absolute atomic E-state index is 0.217. The van der Waals surface area contributed by atoms with Gasteiger partial charge in [-0.2, -0.15) is 0 Å². The number of hydrogen-bond acceptors (Lipinski definition) is 3. The van der Waals surface area contributed by atoms with Crippen molar-refractivity contribution in [2.24, 2.45) is 5.92 Å². The Kier molecular flexibility index (Phi) is 5.60. The molecule has 2 unspecified atom stereocenters. The molecule has 6 heteroatoms. The van der Waals surface area contributed by atoms with Crippen LogP contribution in [-0.2, 0) is 9.53 Å². The van der Waals surface area contributed by atoms with Crippen molar-refractivity contribution in [1.29, 1.82) is 0 Å². The number of ether oxygens (including phenoxy) is 1. The van der Waals surface area contributed by atoms with Crippen molar-refractivity contribution in [1.82, 2.24) is 10.2 Å². The molecule has 1 rings (SSSR count). The largest absolute Gasteiger partial charge is 0.481 e. The quantitative estimate of drug-likeness (QED) is 0.791. The van der Waals surface area contributed by atoms with E-state index < -0.39 is 11.9 Å². The zero-order chi connectivity index (χ0) is 14.5. The highest BCUT2D eigenvalue weighted by atomic mass is 16.5. The molecule has 2 amide bonds. The second-order valence-electron chi connectivity index (χ2n) is 5.42. The Hall–Kier alpha value is -1.30. The lowest BCUT2D eigenvalue weighted by Gasteiger charge is -2.36. The number of hydrogen-bond donors (Lipinski definition) is 2.